The number of hydrogen-bond acceptors (Lipinski definition) is 0. The standard InChI is InChI=1S/2C22H24B.C7H7IS/c2*1-2-3-19-23(20-13-7-4-8-14-20,21-15-9-5-10-16-21)22-17-11-6-12-18-22;9-6-8-7-4-2-1-3-5-7/h2*4-18H,2-3,19H2,1H3;1-5H,6H2/q2*-1;/p+2. The number of hydrogen-bond donors (Lipinski definition) is 0. The first-order valence-electron chi connectivity index (χ1n) is 20.1. The van der Waals surface area contributed by atoms with Crippen molar-refractivity contribution in [2.24, 2.45) is 0 Å². The Labute approximate surface area is 348 Å². The van der Waals surface area contributed by atoms with Crippen LogP contribution >= 0.6 is 0 Å². The minimum Gasteiger partial charge on any atom is -0.200 e. The Kier molecular flexibility index (Phi) is 17.5. The molecule has 0 bridgehead atoms. The molecular weight excluding hydrogens is 793 g/mol. The molecule has 0 saturated carbocycles. The van der Waals surface area contributed by atoms with E-state index in [0.29, 0.717) is 0 Å². The van der Waals surface area contributed by atoms with E-state index in [0.717, 1.165) is 3.76 Å². The van der Waals surface area contributed by atoms with Crippen molar-refractivity contribution in [3.8, 4) is 0 Å². The third-order valence-electron chi connectivity index (χ3n) is 11.1. The molecule has 0 aliphatic rings. The first-order chi connectivity index (χ1) is 27.2. The molecule has 7 aromatic rings. The summed E-state index contributed by atoms with van der Waals surface area (Å²) in [5.41, 5.74) is 8.66. The van der Waals surface area contributed by atoms with Gasteiger partial charge in [0, 0.05) is 12.6 Å². The number of alkyl halides is 1. The summed E-state index contributed by atoms with van der Waals surface area (Å²) in [5.74, 6) is 0. The second kappa shape index (κ2) is 23.0. The molecule has 0 radical (unpaired) electrons. The zero-order chi connectivity index (χ0) is 38.4. The van der Waals surface area contributed by atoms with Gasteiger partial charge in [-0.25, -0.2) is 0 Å². The third-order valence-corrected chi connectivity index (χ3v) is 14.0. The van der Waals surface area contributed by atoms with E-state index in [2.05, 4.69) is 239 Å². The largest absolute Gasteiger partial charge is 0.371 e. The van der Waals surface area contributed by atoms with Gasteiger partial charge in [-0.1, -0.05) is 240 Å². The molecule has 0 aliphatic carbocycles. The summed E-state index contributed by atoms with van der Waals surface area (Å²) in [6.45, 7) is 4.56. The van der Waals surface area contributed by atoms with Crippen molar-refractivity contribution in [3.05, 3.63) is 216 Å². The Balaban J connectivity index is 0.000000173. The van der Waals surface area contributed by atoms with Gasteiger partial charge in [-0.05, 0) is 12.1 Å². The van der Waals surface area contributed by atoms with E-state index < -0.39 is 12.3 Å². The van der Waals surface area contributed by atoms with Crippen molar-refractivity contribution in [3.63, 3.8) is 0 Å². The fourth-order valence-electron chi connectivity index (χ4n) is 8.45. The molecular formula is C51H57B2IS. The van der Waals surface area contributed by atoms with Gasteiger partial charge in [-0.15, -0.1) is 0 Å². The maximum Gasteiger partial charge on any atom is 0.371 e. The van der Waals surface area contributed by atoms with Crippen molar-refractivity contribution in [1.29, 1.82) is 0 Å². The maximum atomic E-state index is 3.48. The lowest BCUT2D eigenvalue weighted by molar-refractivity contribution is -0.607. The molecule has 280 valence electrons. The number of unbranched alkanes of at least 4 members (excludes halogenated alkanes) is 2. The van der Waals surface area contributed by atoms with Gasteiger partial charge in [0.25, 0.3) is 3.76 Å². The van der Waals surface area contributed by atoms with Crippen LogP contribution in [-0.4, -0.2) is 16.1 Å². The van der Waals surface area contributed by atoms with Gasteiger partial charge in [0.1, 0.15) is 0 Å². The fraction of sp³-hybridized carbons (Fsp3) is 0.176. The van der Waals surface area contributed by atoms with Gasteiger partial charge in [0.05, 0.1) is 12.3 Å². The van der Waals surface area contributed by atoms with Crippen LogP contribution in [0.25, 0.3) is 0 Å². The van der Waals surface area contributed by atoms with Gasteiger partial charge in [-0.2, -0.15) is 45.4 Å². The Hall–Kier alpha value is -4.25. The smallest absolute Gasteiger partial charge is 0.200 e. The van der Waals surface area contributed by atoms with Crippen molar-refractivity contribution in [2.75, 3.05) is 3.76 Å². The van der Waals surface area contributed by atoms with Crippen LogP contribution in [0.15, 0.2) is 212 Å². The van der Waals surface area contributed by atoms with Gasteiger partial charge < -0.3 is 0 Å². The predicted octanol–water partition coefficient (Wildman–Crippen LogP) is 5.83. The Morgan fingerprint density at radius 1 is 0.345 bits per heavy atom. The topological polar surface area (TPSA) is 0 Å². The lowest BCUT2D eigenvalue weighted by Crippen LogP contribution is -3.62. The van der Waals surface area contributed by atoms with Crippen molar-refractivity contribution < 1.29 is 21.2 Å². The molecule has 0 saturated heterocycles. The minimum absolute atomic E-state index is 0.243. The summed E-state index contributed by atoms with van der Waals surface area (Å²) in [6, 6.07) is 76.9. The molecule has 4 heteroatoms. The quantitative estimate of drug-likeness (QED) is 0.0561. The summed E-state index contributed by atoms with van der Waals surface area (Å²) in [4.78, 5) is 0. The lowest BCUT2D eigenvalue weighted by atomic mass is 9.14. The molecule has 0 fully saturated rings. The predicted molar refractivity (Wildman–Crippen MR) is 248 cm³/mol. The van der Waals surface area contributed by atoms with E-state index in [1.54, 1.807) is 0 Å². The van der Waals surface area contributed by atoms with Gasteiger partial charge in [0.15, 0.2) is 3.57 Å². The molecule has 7 aromatic carbocycles. The molecule has 55 heavy (non-hydrogen) atoms. The second-order valence-electron chi connectivity index (χ2n) is 14.4. The molecule has 0 nitrogen and oxygen atoms in total. The number of halogens is 1. The van der Waals surface area contributed by atoms with Crippen LogP contribution in [0.4, 0.5) is 0 Å². The number of rotatable bonds is 14. The van der Waals surface area contributed by atoms with E-state index in [9.17, 15) is 0 Å². The molecule has 0 unspecified atom stereocenters. The van der Waals surface area contributed by atoms with Gasteiger partial charge in [-0.3, -0.25) is 0 Å². The minimum atomic E-state index is -0.913. The SMILES string of the molecule is CCCC[B-](c1ccccc1)(c1ccccc1)c1ccccc1.CCCC[B-](c1ccccc1)(c1ccccc1)c1ccccc1.[SH2+]C[I+]c1ccccc1. The monoisotopic (exact) mass is 850 g/mol. The summed E-state index contributed by atoms with van der Waals surface area (Å²) in [6.07, 6.45) is 5.46. The highest BCUT2D eigenvalue weighted by molar-refractivity contribution is 7.58. The van der Waals surface area contributed by atoms with Crippen molar-refractivity contribution in [1.82, 2.24) is 0 Å². The van der Waals surface area contributed by atoms with Crippen LogP contribution < -0.4 is 54.0 Å². The summed E-state index contributed by atoms with van der Waals surface area (Å²) in [5, 5.41) is 0. The molecule has 0 aliphatic heterocycles. The molecule has 0 N–H and O–H groups in total. The van der Waals surface area contributed by atoms with Crippen LogP contribution in [0.5, 0.6) is 0 Å². The Morgan fingerprint density at radius 3 is 0.764 bits per heavy atom. The van der Waals surface area contributed by atoms with Gasteiger partial charge in [0.2, 0.25) is 0 Å². The first kappa shape index (κ1) is 41.9. The van der Waals surface area contributed by atoms with E-state index in [1.165, 1.54) is 74.7 Å². The molecule has 0 heterocycles. The normalized spacial score (nSPS) is 11.0. The zero-order valence-electron chi connectivity index (χ0n) is 32.7. The summed E-state index contributed by atoms with van der Waals surface area (Å²) in [7, 11) is 0. The summed E-state index contributed by atoms with van der Waals surface area (Å²) < 4.78 is 2.66. The Bertz CT molecular complexity index is 1690. The van der Waals surface area contributed by atoms with E-state index in [1.807, 2.05) is 0 Å². The molecule has 0 spiro atoms. The molecule has 0 aromatic heterocycles. The van der Waals surface area contributed by atoms with Crippen LogP contribution in [-0.2, 0) is 12.6 Å². The molecule has 7 rings (SSSR count). The first-order valence-corrected chi connectivity index (χ1v) is 23.5. The molecule has 0 amide bonds. The molecule has 0 atom stereocenters. The van der Waals surface area contributed by atoms with Crippen LogP contribution in [0, 0.1) is 3.57 Å². The third kappa shape index (κ3) is 11.2. The zero-order valence-corrected chi connectivity index (χ0v) is 35.8. The van der Waals surface area contributed by atoms with Gasteiger partial charge >= 0.3 is 21.2 Å². The second-order valence-corrected chi connectivity index (χ2v) is 19.0. The van der Waals surface area contributed by atoms with Crippen molar-refractivity contribution >= 4 is 57.7 Å². The highest BCUT2D eigenvalue weighted by Crippen LogP contribution is 2.18. The average molecular weight is 851 g/mol. The van der Waals surface area contributed by atoms with Crippen LogP contribution in [0.2, 0.25) is 12.6 Å². The highest BCUT2D eigenvalue weighted by Gasteiger charge is 2.30. The fourth-order valence-corrected chi connectivity index (χ4v) is 10.8. The Morgan fingerprint density at radius 2 is 0.564 bits per heavy atom. The van der Waals surface area contributed by atoms with E-state index >= 15 is 0 Å². The maximum absolute atomic E-state index is 3.48. The number of benzene rings is 7. The summed E-state index contributed by atoms with van der Waals surface area (Å²) >= 11 is 3.72. The van der Waals surface area contributed by atoms with Crippen LogP contribution in [0.3, 0.4) is 0 Å². The van der Waals surface area contributed by atoms with E-state index in [4.69, 9.17) is 0 Å². The average Bonchev–Trinajstić information content (AvgIpc) is 3.27. The van der Waals surface area contributed by atoms with E-state index in [-0.39, 0.29) is 21.2 Å². The van der Waals surface area contributed by atoms with Crippen molar-refractivity contribution in [2.45, 2.75) is 52.2 Å². The highest BCUT2D eigenvalue weighted by atomic mass is 127. The van der Waals surface area contributed by atoms with Crippen LogP contribution in [0.1, 0.15) is 39.5 Å². The lowest BCUT2D eigenvalue weighted by Gasteiger charge is -2.43.